The SMILES string of the molecule is CCOc1cc2c(cc1OS(N)(=O)=O)CCC1C2CC[C@@]2(CC)C1CC[C@@H]2OS(N)(=O)=O. The third kappa shape index (κ3) is 4.37. The monoisotopic (exact) mass is 488 g/mol. The molecule has 4 rings (SSSR count). The van der Waals surface area contributed by atoms with Gasteiger partial charge in [0.25, 0.3) is 0 Å². The summed E-state index contributed by atoms with van der Waals surface area (Å²) in [5, 5.41) is 10.3. The molecule has 5 atom stereocenters. The molecule has 3 unspecified atom stereocenters. The zero-order chi connectivity index (χ0) is 23.3. The number of fused-ring (bicyclic) bond motifs is 5. The van der Waals surface area contributed by atoms with Crippen LogP contribution in [-0.2, 0) is 31.2 Å². The van der Waals surface area contributed by atoms with Gasteiger partial charge in [-0.25, -0.2) is 5.14 Å². The van der Waals surface area contributed by atoms with Crippen molar-refractivity contribution in [2.75, 3.05) is 6.61 Å². The van der Waals surface area contributed by atoms with Crippen LogP contribution >= 0.6 is 0 Å². The van der Waals surface area contributed by atoms with Crippen LogP contribution in [0.5, 0.6) is 11.5 Å². The van der Waals surface area contributed by atoms with Crippen molar-refractivity contribution in [3.8, 4) is 11.5 Å². The van der Waals surface area contributed by atoms with Crippen molar-refractivity contribution in [3.63, 3.8) is 0 Å². The van der Waals surface area contributed by atoms with E-state index in [-0.39, 0.29) is 17.3 Å². The minimum Gasteiger partial charge on any atom is -0.490 e. The molecule has 0 heterocycles. The molecule has 0 aliphatic heterocycles. The highest BCUT2D eigenvalue weighted by Crippen LogP contribution is 2.63. The Kier molecular flexibility index (Phi) is 6.25. The van der Waals surface area contributed by atoms with E-state index in [1.165, 1.54) is 0 Å². The normalized spacial score (nSPS) is 32.0. The maximum Gasteiger partial charge on any atom is 0.380 e. The molecule has 0 spiro atoms. The fraction of sp³-hybridized carbons (Fsp3) is 0.714. The Morgan fingerprint density at radius 2 is 1.75 bits per heavy atom. The molecule has 3 aliphatic carbocycles. The summed E-state index contributed by atoms with van der Waals surface area (Å²) in [7, 11) is -8.17. The third-order valence-electron chi connectivity index (χ3n) is 7.84. The van der Waals surface area contributed by atoms with Gasteiger partial charge in [-0.05, 0) is 92.9 Å². The van der Waals surface area contributed by atoms with Gasteiger partial charge < -0.3 is 8.92 Å². The Morgan fingerprint density at radius 3 is 2.38 bits per heavy atom. The molecule has 2 fully saturated rings. The molecule has 11 heteroatoms. The Balaban J connectivity index is 1.68. The van der Waals surface area contributed by atoms with E-state index in [1.54, 1.807) is 6.07 Å². The smallest absolute Gasteiger partial charge is 0.380 e. The topological polar surface area (TPSA) is 148 Å². The summed E-state index contributed by atoms with van der Waals surface area (Å²) in [5.41, 5.74) is 2.02. The van der Waals surface area contributed by atoms with Gasteiger partial charge in [0.2, 0.25) is 0 Å². The molecule has 1 aromatic carbocycles. The predicted octanol–water partition coefficient (Wildman–Crippen LogP) is 2.50. The standard InChI is InChI=1S/C21H32N2O7S2/c1-3-21-10-9-14-15(17(21)7-8-20(21)30-32(23,26)27)6-5-13-11-19(29-31(22,24)25)18(28-4-2)12-16(13)14/h11-12,14-15,17,20H,3-10H2,1-2H3,(H2,22,24,25)(H2,23,26,27)/t14?,15?,17?,20-,21-/m0/s1. The first-order valence-electron chi connectivity index (χ1n) is 11.2. The van der Waals surface area contributed by atoms with E-state index in [0.29, 0.717) is 36.5 Å². The van der Waals surface area contributed by atoms with Gasteiger partial charge in [0.1, 0.15) is 0 Å². The van der Waals surface area contributed by atoms with Crippen LogP contribution in [-0.4, -0.2) is 29.5 Å². The maximum atomic E-state index is 11.7. The molecular weight excluding hydrogens is 456 g/mol. The van der Waals surface area contributed by atoms with Gasteiger partial charge in [0, 0.05) is 5.41 Å². The van der Waals surface area contributed by atoms with E-state index in [9.17, 15) is 16.8 Å². The van der Waals surface area contributed by atoms with Crippen LogP contribution < -0.4 is 19.2 Å². The number of nitrogens with two attached hydrogens (primary N) is 2. The summed E-state index contributed by atoms with van der Waals surface area (Å²) in [6.07, 6.45) is 5.54. The Labute approximate surface area is 190 Å². The van der Waals surface area contributed by atoms with Crippen LogP contribution in [0.2, 0.25) is 0 Å². The molecule has 0 bridgehead atoms. The lowest BCUT2D eigenvalue weighted by molar-refractivity contribution is -0.0256. The van der Waals surface area contributed by atoms with E-state index in [1.807, 2.05) is 13.0 Å². The van der Waals surface area contributed by atoms with Gasteiger partial charge >= 0.3 is 20.6 Å². The fourth-order valence-electron chi connectivity index (χ4n) is 6.77. The lowest BCUT2D eigenvalue weighted by Crippen LogP contribution is -2.47. The zero-order valence-corrected chi connectivity index (χ0v) is 20.1. The van der Waals surface area contributed by atoms with Crippen LogP contribution in [0.25, 0.3) is 0 Å². The second kappa shape index (κ2) is 8.43. The highest BCUT2D eigenvalue weighted by atomic mass is 32.2. The summed E-state index contributed by atoms with van der Waals surface area (Å²) in [4.78, 5) is 0. The highest BCUT2D eigenvalue weighted by Gasteiger charge is 2.57. The fourth-order valence-corrected chi connectivity index (χ4v) is 7.76. The lowest BCUT2D eigenvalue weighted by atomic mass is 9.54. The van der Waals surface area contributed by atoms with Crippen LogP contribution in [0.15, 0.2) is 12.1 Å². The van der Waals surface area contributed by atoms with Crippen molar-refractivity contribution >= 4 is 20.6 Å². The molecule has 0 aromatic heterocycles. The van der Waals surface area contributed by atoms with E-state index in [0.717, 1.165) is 49.7 Å². The third-order valence-corrected chi connectivity index (χ3v) is 8.75. The van der Waals surface area contributed by atoms with E-state index < -0.39 is 20.6 Å². The predicted molar refractivity (Wildman–Crippen MR) is 119 cm³/mol. The lowest BCUT2D eigenvalue weighted by Gasteiger charge is -2.51. The minimum atomic E-state index is -4.17. The van der Waals surface area contributed by atoms with Gasteiger partial charge in [-0.15, -0.1) is 0 Å². The maximum absolute atomic E-state index is 11.7. The molecule has 0 amide bonds. The molecule has 180 valence electrons. The van der Waals surface area contributed by atoms with E-state index in [2.05, 4.69) is 6.92 Å². The van der Waals surface area contributed by atoms with Gasteiger partial charge in [-0.2, -0.15) is 22.0 Å². The summed E-state index contributed by atoms with van der Waals surface area (Å²) in [6, 6.07) is 3.65. The van der Waals surface area contributed by atoms with Crippen LogP contribution in [0.1, 0.15) is 69.4 Å². The quantitative estimate of drug-likeness (QED) is 0.599. The van der Waals surface area contributed by atoms with Crippen molar-refractivity contribution < 1.29 is 29.9 Å². The number of hydrogen-bond donors (Lipinski definition) is 2. The first-order chi connectivity index (χ1) is 15.0. The number of aryl methyl sites for hydroxylation is 1. The minimum absolute atomic E-state index is 0.118. The molecule has 0 saturated heterocycles. The average Bonchev–Trinajstić information content (AvgIpc) is 3.04. The molecule has 32 heavy (non-hydrogen) atoms. The Hall–Kier alpha value is -1.40. The largest absolute Gasteiger partial charge is 0.490 e. The molecule has 0 radical (unpaired) electrons. The van der Waals surface area contributed by atoms with Gasteiger partial charge in [-0.1, -0.05) is 6.92 Å². The summed E-state index contributed by atoms with van der Waals surface area (Å²) < 4.78 is 62.4. The first-order valence-corrected chi connectivity index (χ1v) is 14.1. The van der Waals surface area contributed by atoms with Crippen LogP contribution in [0.4, 0.5) is 0 Å². The van der Waals surface area contributed by atoms with Crippen molar-refractivity contribution in [1.29, 1.82) is 0 Å². The number of rotatable bonds is 7. The zero-order valence-electron chi connectivity index (χ0n) is 18.4. The van der Waals surface area contributed by atoms with Gasteiger partial charge in [0.15, 0.2) is 11.5 Å². The van der Waals surface area contributed by atoms with Crippen molar-refractivity contribution in [2.45, 2.75) is 70.8 Å². The number of hydrogen-bond acceptors (Lipinski definition) is 7. The number of benzene rings is 1. The van der Waals surface area contributed by atoms with E-state index in [4.69, 9.17) is 23.4 Å². The molecule has 4 N–H and O–H groups in total. The second-order valence-corrected chi connectivity index (χ2v) is 11.5. The van der Waals surface area contributed by atoms with Gasteiger partial charge in [-0.3, -0.25) is 4.18 Å². The highest BCUT2D eigenvalue weighted by molar-refractivity contribution is 7.84. The van der Waals surface area contributed by atoms with E-state index >= 15 is 0 Å². The number of ether oxygens (including phenoxy) is 1. The summed E-state index contributed by atoms with van der Waals surface area (Å²) in [6.45, 7) is 4.30. The van der Waals surface area contributed by atoms with Crippen molar-refractivity contribution in [3.05, 3.63) is 23.3 Å². The molecule has 9 nitrogen and oxygen atoms in total. The summed E-state index contributed by atoms with van der Waals surface area (Å²) >= 11 is 0. The summed E-state index contributed by atoms with van der Waals surface area (Å²) in [5.74, 6) is 1.52. The Morgan fingerprint density at radius 1 is 1.00 bits per heavy atom. The first kappa shape index (κ1) is 23.7. The average molecular weight is 489 g/mol. The van der Waals surface area contributed by atoms with Crippen molar-refractivity contribution in [1.82, 2.24) is 0 Å². The molecule has 3 aliphatic rings. The molecule has 1 aromatic rings. The Bertz CT molecular complexity index is 1090. The van der Waals surface area contributed by atoms with Crippen LogP contribution in [0, 0.1) is 17.3 Å². The second-order valence-electron chi connectivity index (χ2n) is 9.20. The van der Waals surface area contributed by atoms with Crippen molar-refractivity contribution in [2.24, 2.45) is 27.5 Å². The van der Waals surface area contributed by atoms with Gasteiger partial charge in [0.05, 0.1) is 12.7 Å². The molecular formula is C21H32N2O7S2. The molecule has 2 saturated carbocycles. The van der Waals surface area contributed by atoms with Crippen LogP contribution in [0.3, 0.4) is 0 Å².